The summed E-state index contributed by atoms with van der Waals surface area (Å²) >= 11 is 1.50. The molecule has 0 radical (unpaired) electrons. The third-order valence-corrected chi connectivity index (χ3v) is 5.48. The Morgan fingerprint density at radius 3 is 2.92 bits per heavy atom. The van der Waals surface area contributed by atoms with Crippen molar-refractivity contribution in [2.45, 2.75) is 38.6 Å². The zero-order valence-corrected chi connectivity index (χ0v) is 15.1. The van der Waals surface area contributed by atoms with E-state index in [1.165, 1.54) is 23.8 Å². The summed E-state index contributed by atoms with van der Waals surface area (Å²) < 4.78 is 6.08. The molecule has 1 aliphatic rings. The molecule has 1 heterocycles. The minimum Gasteiger partial charge on any atom is -0.452 e. The quantitative estimate of drug-likeness (QED) is 0.656. The minimum absolute atomic E-state index is 0.193. The second-order valence-electron chi connectivity index (χ2n) is 6.40. The lowest BCUT2D eigenvalue weighted by Crippen LogP contribution is -2.42. The van der Waals surface area contributed by atoms with Crippen LogP contribution in [0.25, 0.3) is 16.3 Å². The van der Waals surface area contributed by atoms with Crippen LogP contribution in [0.4, 0.5) is 0 Å². The molecular formula is C19H22N2O3S. The maximum atomic E-state index is 11.9. The van der Waals surface area contributed by atoms with Crippen LogP contribution in [-0.4, -0.2) is 29.5 Å². The molecule has 6 heteroatoms. The van der Waals surface area contributed by atoms with Crippen molar-refractivity contribution < 1.29 is 14.3 Å². The van der Waals surface area contributed by atoms with Gasteiger partial charge in [-0.15, -0.1) is 11.3 Å². The molecule has 132 valence electrons. The van der Waals surface area contributed by atoms with Crippen molar-refractivity contribution in [1.29, 1.82) is 0 Å². The summed E-state index contributed by atoms with van der Waals surface area (Å²) in [6.07, 6.45) is 7.43. The largest absolute Gasteiger partial charge is 0.452 e. The summed E-state index contributed by atoms with van der Waals surface area (Å²) in [5, 5.41) is 3.70. The minimum atomic E-state index is -0.536. The highest BCUT2D eigenvalue weighted by atomic mass is 32.1. The van der Waals surface area contributed by atoms with Crippen molar-refractivity contribution in [3.8, 4) is 0 Å². The number of aromatic nitrogens is 1. The Morgan fingerprint density at radius 1 is 1.32 bits per heavy atom. The molecule has 1 saturated carbocycles. The Morgan fingerprint density at radius 2 is 2.12 bits per heavy atom. The Bertz CT molecular complexity index is 751. The fourth-order valence-electron chi connectivity index (χ4n) is 3.06. The van der Waals surface area contributed by atoms with Gasteiger partial charge in [-0.2, -0.15) is 0 Å². The summed E-state index contributed by atoms with van der Waals surface area (Å²) in [5.74, 6) is -0.293. The van der Waals surface area contributed by atoms with E-state index >= 15 is 0 Å². The van der Waals surface area contributed by atoms with Crippen LogP contribution in [0.15, 0.2) is 30.3 Å². The number of hydrogen-bond donors (Lipinski definition) is 1. The Hall–Kier alpha value is -2.21. The lowest BCUT2D eigenvalue weighted by Gasteiger charge is -2.29. The molecule has 1 aromatic carbocycles. The fraction of sp³-hybridized carbons (Fsp3) is 0.421. The Kier molecular flexibility index (Phi) is 5.81. The summed E-state index contributed by atoms with van der Waals surface area (Å²) in [5.41, 5.74) is 0.904. The standard InChI is InChI=1S/C19H22N2O3S/c1-13-6-2-3-7-14(13)20-17(22)12-24-19(23)11-10-18-21-15-8-4-5-9-16(15)25-18/h4-5,8-11,13-14H,2-3,6-7,12H2,1H3,(H,20,22)/b11-10+/t13-,14+/m0/s1. The van der Waals surface area contributed by atoms with Gasteiger partial charge in [0.2, 0.25) is 0 Å². The van der Waals surface area contributed by atoms with Gasteiger partial charge in [-0.05, 0) is 37.0 Å². The molecule has 3 rings (SSSR count). The van der Waals surface area contributed by atoms with Crippen molar-refractivity contribution in [3.63, 3.8) is 0 Å². The molecule has 1 fully saturated rings. The van der Waals surface area contributed by atoms with E-state index in [0.717, 1.165) is 34.5 Å². The number of carbonyl (C=O) groups excluding carboxylic acids is 2. The van der Waals surface area contributed by atoms with E-state index in [0.29, 0.717) is 5.92 Å². The monoisotopic (exact) mass is 358 g/mol. The van der Waals surface area contributed by atoms with Crippen molar-refractivity contribution in [2.75, 3.05) is 6.61 Å². The third-order valence-electron chi connectivity index (χ3n) is 4.48. The summed E-state index contributed by atoms with van der Waals surface area (Å²) in [7, 11) is 0. The molecule has 0 bridgehead atoms. The number of para-hydroxylation sites is 1. The van der Waals surface area contributed by atoms with Crippen molar-refractivity contribution in [3.05, 3.63) is 35.3 Å². The SMILES string of the molecule is C[C@H]1CCCC[C@H]1NC(=O)COC(=O)/C=C/c1nc2ccccc2s1. The van der Waals surface area contributed by atoms with Crippen molar-refractivity contribution in [2.24, 2.45) is 5.92 Å². The maximum Gasteiger partial charge on any atom is 0.331 e. The molecule has 1 aromatic heterocycles. The van der Waals surface area contributed by atoms with E-state index in [1.807, 2.05) is 24.3 Å². The van der Waals surface area contributed by atoms with Crippen LogP contribution in [0.3, 0.4) is 0 Å². The number of fused-ring (bicyclic) bond motifs is 1. The summed E-state index contributed by atoms with van der Waals surface area (Å²) in [4.78, 5) is 28.1. The number of amides is 1. The van der Waals surface area contributed by atoms with Crippen LogP contribution in [0.5, 0.6) is 0 Å². The number of rotatable bonds is 5. The van der Waals surface area contributed by atoms with Crippen LogP contribution in [-0.2, 0) is 14.3 Å². The van der Waals surface area contributed by atoms with Crippen LogP contribution < -0.4 is 5.32 Å². The van der Waals surface area contributed by atoms with E-state index in [1.54, 1.807) is 6.08 Å². The van der Waals surface area contributed by atoms with Gasteiger partial charge >= 0.3 is 5.97 Å². The number of nitrogens with one attached hydrogen (secondary N) is 1. The lowest BCUT2D eigenvalue weighted by atomic mass is 9.86. The molecule has 25 heavy (non-hydrogen) atoms. The first-order chi connectivity index (χ1) is 12.1. The van der Waals surface area contributed by atoms with Gasteiger partial charge in [0.25, 0.3) is 5.91 Å². The van der Waals surface area contributed by atoms with Gasteiger partial charge in [0.05, 0.1) is 10.2 Å². The van der Waals surface area contributed by atoms with Gasteiger partial charge in [0, 0.05) is 12.1 Å². The molecule has 1 amide bonds. The number of thiazole rings is 1. The van der Waals surface area contributed by atoms with Crippen LogP contribution in [0.2, 0.25) is 0 Å². The maximum absolute atomic E-state index is 11.9. The zero-order valence-electron chi connectivity index (χ0n) is 14.2. The number of hydrogen-bond acceptors (Lipinski definition) is 5. The normalized spacial score (nSPS) is 20.7. The fourth-order valence-corrected chi connectivity index (χ4v) is 3.93. The Labute approximate surface area is 151 Å². The molecule has 2 atom stereocenters. The van der Waals surface area contributed by atoms with Gasteiger partial charge in [0.15, 0.2) is 6.61 Å². The third kappa shape index (κ3) is 4.89. The number of esters is 1. The average molecular weight is 358 g/mol. The average Bonchev–Trinajstić information content (AvgIpc) is 3.03. The van der Waals surface area contributed by atoms with Gasteiger partial charge < -0.3 is 10.1 Å². The van der Waals surface area contributed by atoms with Crippen molar-refractivity contribution >= 4 is 39.5 Å². The second-order valence-corrected chi connectivity index (χ2v) is 7.46. The predicted molar refractivity (Wildman–Crippen MR) is 99.2 cm³/mol. The molecule has 5 nitrogen and oxygen atoms in total. The van der Waals surface area contributed by atoms with E-state index in [4.69, 9.17) is 4.74 Å². The van der Waals surface area contributed by atoms with Gasteiger partial charge in [0.1, 0.15) is 5.01 Å². The molecule has 0 spiro atoms. The molecule has 1 N–H and O–H groups in total. The molecular weight excluding hydrogens is 336 g/mol. The first-order valence-corrected chi connectivity index (χ1v) is 9.43. The first-order valence-electron chi connectivity index (χ1n) is 8.61. The van der Waals surface area contributed by atoms with Gasteiger partial charge in [-0.1, -0.05) is 31.9 Å². The topological polar surface area (TPSA) is 68.3 Å². The molecule has 2 aromatic rings. The first kappa shape index (κ1) is 17.6. The number of benzene rings is 1. The van der Waals surface area contributed by atoms with E-state index in [2.05, 4.69) is 17.2 Å². The van der Waals surface area contributed by atoms with Crippen LogP contribution in [0, 0.1) is 5.92 Å². The molecule has 0 saturated heterocycles. The molecule has 0 aliphatic heterocycles. The number of carbonyl (C=O) groups is 2. The highest BCUT2D eigenvalue weighted by Crippen LogP contribution is 2.24. The smallest absolute Gasteiger partial charge is 0.331 e. The summed E-state index contributed by atoms with van der Waals surface area (Å²) in [6, 6.07) is 7.99. The highest BCUT2D eigenvalue weighted by molar-refractivity contribution is 7.19. The summed E-state index contributed by atoms with van der Waals surface area (Å²) in [6.45, 7) is 1.91. The number of nitrogens with zero attached hydrogens (tertiary/aromatic N) is 1. The van der Waals surface area contributed by atoms with Gasteiger partial charge in [-0.25, -0.2) is 9.78 Å². The van der Waals surface area contributed by atoms with E-state index in [9.17, 15) is 9.59 Å². The zero-order chi connectivity index (χ0) is 17.6. The highest BCUT2D eigenvalue weighted by Gasteiger charge is 2.22. The van der Waals surface area contributed by atoms with E-state index < -0.39 is 5.97 Å². The van der Waals surface area contributed by atoms with Crippen LogP contribution in [0.1, 0.15) is 37.6 Å². The molecule has 1 aliphatic carbocycles. The lowest BCUT2D eigenvalue weighted by molar-refractivity contribution is -0.144. The number of ether oxygens (including phenoxy) is 1. The Balaban J connectivity index is 1.46. The second kappa shape index (κ2) is 8.25. The predicted octanol–water partition coefficient (Wildman–Crippen LogP) is 3.55. The van der Waals surface area contributed by atoms with Crippen LogP contribution >= 0.6 is 11.3 Å². The van der Waals surface area contributed by atoms with Crippen molar-refractivity contribution in [1.82, 2.24) is 10.3 Å². The molecule has 0 unspecified atom stereocenters. The van der Waals surface area contributed by atoms with Gasteiger partial charge in [-0.3, -0.25) is 4.79 Å². The van der Waals surface area contributed by atoms with E-state index in [-0.39, 0.29) is 18.6 Å².